The van der Waals surface area contributed by atoms with Gasteiger partial charge in [-0.05, 0) is 77.0 Å². The van der Waals surface area contributed by atoms with E-state index in [9.17, 15) is 19.0 Å². The number of hydrogen-bond donors (Lipinski definition) is 1. The number of allylic oxidation sites excluding steroid dienone is 10. The molecule has 0 saturated carbocycles. The molecule has 68 heavy (non-hydrogen) atoms. The molecule has 0 rings (SSSR count). The van der Waals surface area contributed by atoms with Gasteiger partial charge in [-0.25, -0.2) is 4.57 Å². The largest absolute Gasteiger partial charge is 0.472 e. The summed E-state index contributed by atoms with van der Waals surface area (Å²) < 4.78 is 34.5. The summed E-state index contributed by atoms with van der Waals surface area (Å²) >= 11 is 0. The second-order valence-electron chi connectivity index (χ2n) is 19.9. The monoisotopic (exact) mass is 977 g/mol. The Hall–Kier alpha value is -2.29. The number of nitrogens with zero attached hydrogens (tertiary/aromatic N) is 1. The molecule has 0 fully saturated rings. The lowest BCUT2D eigenvalue weighted by molar-refractivity contribution is -0.870. The molecule has 0 aliphatic heterocycles. The number of ether oxygens (including phenoxy) is 2. The molecule has 9 nitrogen and oxygen atoms in total. The third-order valence-corrected chi connectivity index (χ3v) is 13.0. The van der Waals surface area contributed by atoms with Crippen molar-refractivity contribution in [2.75, 3.05) is 47.5 Å². The average molecular weight is 977 g/mol. The van der Waals surface area contributed by atoms with Gasteiger partial charge < -0.3 is 18.9 Å². The summed E-state index contributed by atoms with van der Waals surface area (Å²) in [6.45, 7) is 4.33. The molecule has 0 aromatic heterocycles. The van der Waals surface area contributed by atoms with Gasteiger partial charge in [0.15, 0.2) is 6.10 Å². The van der Waals surface area contributed by atoms with Crippen molar-refractivity contribution < 1.29 is 42.1 Å². The van der Waals surface area contributed by atoms with Crippen molar-refractivity contribution in [2.24, 2.45) is 0 Å². The number of unbranched alkanes of at least 4 members (excludes halogenated alkanes) is 27. The van der Waals surface area contributed by atoms with Crippen LogP contribution in [0.2, 0.25) is 0 Å². The fourth-order valence-corrected chi connectivity index (χ4v) is 8.45. The Morgan fingerprint density at radius 2 is 0.838 bits per heavy atom. The van der Waals surface area contributed by atoms with Crippen LogP contribution in [0.3, 0.4) is 0 Å². The lowest BCUT2D eigenvalue weighted by atomic mass is 10.0. The van der Waals surface area contributed by atoms with Gasteiger partial charge in [0, 0.05) is 12.8 Å². The van der Waals surface area contributed by atoms with Crippen LogP contribution >= 0.6 is 7.82 Å². The van der Waals surface area contributed by atoms with Gasteiger partial charge in [0.05, 0.1) is 27.7 Å². The first-order valence-electron chi connectivity index (χ1n) is 28.0. The molecule has 1 N–H and O–H groups in total. The quantitative estimate of drug-likeness (QED) is 0.0211. The predicted molar refractivity (Wildman–Crippen MR) is 289 cm³/mol. The second kappa shape index (κ2) is 49.7. The molecule has 0 saturated heterocycles. The van der Waals surface area contributed by atoms with Crippen LogP contribution in [0.5, 0.6) is 0 Å². The van der Waals surface area contributed by atoms with Gasteiger partial charge in [0.1, 0.15) is 19.8 Å². The number of carbonyl (C=O) groups excluding carboxylic acids is 2. The Morgan fingerprint density at radius 1 is 0.471 bits per heavy atom. The van der Waals surface area contributed by atoms with Crippen LogP contribution < -0.4 is 0 Å². The van der Waals surface area contributed by atoms with Crippen LogP contribution in [-0.2, 0) is 32.7 Å². The van der Waals surface area contributed by atoms with Crippen LogP contribution in [0.1, 0.15) is 245 Å². The van der Waals surface area contributed by atoms with E-state index in [1.54, 1.807) is 0 Å². The van der Waals surface area contributed by atoms with Crippen molar-refractivity contribution in [3.05, 3.63) is 60.8 Å². The second-order valence-corrected chi connectivity index (χ2v) is 21.4. The molecule has 0 aromatic rings. The van der Waals surface area contributed by atoms with E-state index in [1.165, 1.54) is 148 Å². The minimum absolute atomic E-state index is 0.0302. The first-order chi connectivity index (χ1) is 33.0. The average Bonchev–Trinajstić information content (AvgIpc) is 3.30. The van der Waals surface area contributed by atoms with Crippen LogP contribution in [-0.4, -0.2) is 74.9 Å². The third-order valence-electron chi connectivity index (χ3n) is 12.0. The lowest BCUT2D eigenvalue weighted by Gasteiger charge is -2.24. The summed E-state index contributed by atoms with van der Waals surface area (Å²) in [5.74, 6) is -0.798. The van der Waals surface area contributed by atoms with Crippen LogP contribution in [0.15, 0.2) is 60.8 Å². The number of carbonyl (C=O) groups is 2. The number of phosphoric ester groups is 1. The first-order valence-corrected chi connectivity index (χ1v) is 29.5. The van der Waals surface area contributed by atoms with E-state index < -0.39 is 26.5 Å². The maximum absolute atomic E-state index is 12.8. The highest BCUT2D eigenvalue weighted by molar-refractivity contribution is 7.47. The third kappa shape index (κ3) is 53.1. The Balaban J connectivity index is 4.16. The smallest absolute Gasteiger partial charge is 0.462 e. The zero-order valence-corrected chi connectivity index (χ0v) is 45.7. The number of likely N-dealkylation sites (N-methyl/N-ethyl adjacent to an activating group) is 1. The molecule has 0 aliphatic carbocycles. The molecule has 0 heterocycles. The van der Waals surface area contributed by atoms with Crippen molar-refractivity contribution in [3.63, 3.8) is 0 Å². The predicted octanol–water partition coefficient (Wildman–Crippen LogP) is 17.1. The van der Waals surface area contributed by atoms with Crippen LogP contribution in [0.25, 0.3) is 0 Å². The van der Waals surface area contributed by atoms with E-state index in [1.807, 2.05) is 21.1 Å². The highest BCUT2D eigenvalue weighted by Gasteiger charge is 2.27. The van der Waals surface area contributed by atoms with Gasteiger partial charge in [-0.3, -0.25) is 18.6 Å². The lowest BCUT2D eigenvalue weighted by Crippen LogP contribution is -2.37. The van der Waals surface area contributed by atoms with Gasteiger partial charge in [0.25, 0.3) is 0 Å². The summed E-state index contributed by atoms with van der Waals surface area (Å²) in [5, 5.41) is 0. The number of esters is 2. The molecule has 0 spiro atoms. The Kier molecular flexibility index (Phi) is 48.0. The molecular formula is C58H107NO8P+. The van der Waals surface area contributed by atoms with Gasteiger partial charge in [0.2, 0.25) is 0 Å². The van der Waals surface area contributed by atoms with E-state index in [-0.39, 0.29) is 32.0 Å². The molecule has 0 radical (unpaired) electrons. The Bertz CT molecular complexity index is 1340. The summed E-state index contributed by atoms with van der Waals surface area (Å²) in [6.07, 6.45) is 62.8. The van der Waals surface area contributed by atoms with Crippen molar-refractivity contribution >= 4 is 19.8 Å². The number of rotatable bonds is 51. The van der Waals surface area contributed by atoms with Crippen molar-refractivity contribution in [2.45, 2.75) is 251 Å². The van der Waals surface area contributed by atoms with E-state index in [0.29, 0.717) is 17.4 Å². The standard InChI is InChI=1S/C58H106NO8P/c1-6-8-10-12-14-16-18-20-22-24-25-26-27-28-29-30-31-32-33-35-37-39-41-43-45-47-49-51-58(61)67-56(55-66-68(62,63)65-53-52-59(3,4)5)54-64-57(60)50-48-46-44-42-40-38-36-34-23-21-19-17-15-13-11-9-7-2/h8,10,14,16,20-23,25-26,56H,6-7,9,11-13,15,17-19,24,27-55H2,1-5H3/p+1/b10-8-,16-14-,22-20-,23-21-,26-25-. The highest BCUT2D eigenvalue weighted by atomic mass is 31.2. The molecule has 0 amide bonds. The molecular weight excluding hydrogens is 870 g/mol. The maximum atomic E-state index is 12.8. The molecule has 2 unspecified atom stereocenters. The fraction of sp³-hybridized carbons (Fsp3) is 0.793. The number of phosphoric acid groups is 1. The first kappa shape index (κ1) is 65.7. The molecule has 2 atom stereocenters. The normalized spacial score (nSPS) is 13.8. The topological polar surface area (TPSA) is 108 Å². The van der Waals surface area contributed by atoms with E-state index in [0.717, 1.165) is 64.2 Å². The van der Waals surface area contributed by atoms with Crippen molar-refractivity contribution in [1.29, 1.82) is 0 Å². The molecule has 0 bridgehead atoms. The maximum Gasteiger partial charge on any atom is 0.472 e. The van der Waals surface area contributed by atoms with Gasteiger partial charge >= 0.3 is 19.8 Å². The van der Waals surface area contributed by atoms with Crippen molar-refractivity contribution in [3.8, 4) is 0 Å². The highest BCUT2D eigenvalue weighted by Crippen LogP contribution is 2.43. The van der Waals surface area contributed by atoms with Gasteiger partial charge in [-0.2, -0.15) is 0 Å². The summed E-state index contributed by atoms with van der Waals surface area (Å²) in [6, 6.07) is 0. The number of quaternary nitrogens is 1. The van der Waals surface area contributed by atoms with E-state index in [4.69, 9.17) is 18.5 Å². The summed E-state index contributed by atoms with van der Waals surface area (Å²) in [4.78, 5) is 35.6. The minimum atomic E-state index is -4.39. The Labute approximate surface area is 419 Å². The summed E-state index contributed by atoms with van der Waals surface area (Å²) in [5.41, 5.74) is 0. The minimum Gasteiger partial charge on any atom is -0.462 e. The zero-order chi connectivity index (χ0) is 49.9. The van der Waals surface area contributed by atoms with Crippen molar-refractivity contribution in [1.82, 2.24) is 0 Å². The van der Waals surface area contributed by atoms with Crippen LogP contribution in [0, 0.1) is 0 Å². The van der Waals surface area contributed by atoms with Gasteiger partial charge in [-0.15, -0.1) is 0 Å². The van der Waals surface area contributed by atoms with Crippen LogP contribution in [0.4, 0.5) is 0 Å². The molecule has 0 aliphatic rings. The van der Waals surface area contributed by atoms with E-state index >= 15 is 0 Å². The van der Waals surface area contributed by atoms with Gasteiger partial charge in [-0.1, -0.05) is 216 Å². The Morgan fingerprint density at radius 3 is 1.26 bits per heavy atom. The molecule has 10 heteroatoms. The zero-order valence-electron chi connectivity index (χ0n) is 44.8. The summed E-state index contributed by atoms with van der Waals surface area (Å²) in [7, 11) is 1.48. The number of hydrogen-bond acceptors (Lipinski definition) is 7. The SMILES string of the molecule is CC/C=C\C/C=C\C/C=C\C/C=C\CCCCCCCCCCCCCCCCC(=O)OC(COC(=O)CCCCCCCCC/C=C\CCCCCCCC)COP(=O)(O)OCC[N+](C)(C)C. The van der Waals surface area contributed by atoms with E-state index in [2.05, 4.69) is 74.6 Å². The molecule has 396 valence electrons. The molecule has 0 aromatic carbocycles. The fourth-order valence-electron chi connectivity index (χ4n) is 7.71.